The summed E-state index contributed by atoms with van der Waals surface area (Å²) in [5.74, 6) is -1.12. The van der Waals surface area contributed by atoms with Gasteiger partial charge in [-0.3, -0.25) is 9.59 Å². The van der Waals surface area contributed by atoms with Crippen LogP contribution in [0.2, 0.25) is 0 Å². The van der Waals surface area contributed by atoms with Gasteiger partial charge in [0.2, 0.25) is 11.5 Å². The van der Waals surface area contributed by atoms with Gasteiger partial charge in [0.15, 0.2) is 0 Å². The maximum absolute atomic E-state index is 15.9. The third-order valence-corrected chi connectivity index (χ3v) is 7.10. The SMILES string of the molecule is CC(F)(COCc1ccccc1)Cn1/c(=N/C(=O)c2cccc(C(F)F)c2)[nH]c2cc(C3CCCNC3=O)ccc21. The van der Waals surface area contributed by atoms with E-state index in [0.29, 0.717) is 24.0 Å². The van der Waals surface area contributed by atoms with Crippen molar-refractivity contribution in [1.29, 1.82) is 0 Å². The lowest BCUT2D eigenvalue weighted by Gasteiger charge is -2.23. The van der Waals surface area contributed by atoms with Crippen molar-refractivity contribution < 1.29 is 27.5 Å². The van der Waals surface area contributed by atoms with Crippen LogP contribution < -0.4 is 10.9 Å². The fourth-order valence-electron chi connectivity index (χ4n) is 5.05. The third-order valence-electron chi connectivity index (χ3n) is 7.10. The zero-order valence-corrected chi connectivity index (χ0v) is 22.6. The van der Waals surface area contributed by atoms with E-state index in [2.05, 4.69) is 15.3 Å². The molecular weight excluding hydrogens is 533 g/mol. The fourth-order valence-corrected chi connectivity index (χ4v) is 5.05. The van der Waals surface area contributed by atoms with Gasteiger partial charge in [0.05, 0.1) is 36.7 Å². The second-order valence-electron chi connectivity index (χ2n) is 10.5. The molecule has 2 N–H and O–H groups in total. The highest BCUT2D eigenvalue weighted by molar-refractivity contribution is 5.95. The molecule has 0 aliphatic carbocycles. The summed E-state index contributed by atoms with van der Waals surface area (Å²) in [5.41, 5.74) is 0.748. The number of nitrogens with one attached hydrogen (secondary N) is 2. The first-order chi connectivity index (χ1) is 19.7. The number of aromatic amines is 1. The predicted molar refractivity (Wildman–Crippen MR) is 148 cm³/mol. The van der Waals surface area contributed by atoms with E-state index < -0.39 is 18.0 Å². The predicted octanol–water partition coefficient (Wildman–Crippen LogP) is 5.59. The van der Waals surface area contributed by atoms with Gasteiger partial charge in [0.1, 0.15) is 5.67 Å². The second-order valence-corrected chi connectivity index (χ2v) is 10.5. The molecule has 0 radical (unpaired) electrons. The summed E-state index contributed by atoms with van der Waals surface area (Å²) >= 11 is 0. The normalized spacial score (nSPS) is 17.5. The molecular formula is C31H31F3N4O3. The van der Waals surface area contributed by atoms with Crippen molar-refractivity contribution in [3.63, 3.8) is 0 Å². The topological polar surface area (TPSA) is 88.5 Å². The van der Waals surface area contributed by atoms with Gasteiger partial charge in [0.25, 0.3) is 12.3 Å². The smallest absolute Gasteiger partial charge is 0.280 e. The molecule has 0 saturated carbocycles. The van der Waals surface area contributed by atoms with Crippen LogP contribution in [0.3, 0.4) is 0 Å². The van der Waals surface area contributed by atoms with Gasteiger partial charge >= 0.3 is 0 Å². The van der Waals surface area contributed by atoms with Crippen molar-refractivity contribution in [2.24, 2.45) is 4.99 Å². The number of hydrogen-bond acceptors (Lipinski definition) is 3. The molecule has 2 amide bonds. The number of carbonyl (C=O) groups excluding carboxylic acids is 2. The molecule has 3 aromatic carbocycles. The summed E-state index contributed by atoms with van der Waals surface area (Å²) in [6.45, 7) is 1.86. The largest absolute Gasteiger partial charge is 0.373 e. The van der Waals surface area contributed by atoms with Crippen LogP contribution in [-0.2, 0) is 22.7 Å². The molecule has 5 rings (SSSR count). The average Bonchev–Trinajstić information content (AvgIpc) is 3.28. The summed E-state index contributed by atoms with van der Waals surface area (Å²) in [7, 11) is 0. The Morgan fingerprint density at radius 3 is 2.68 bits per heavy atom. The number of carbonyl (C=O) groups is 2. The summed E-state index contributed by atoms with van der Waals surface area (Å²) in [5, 5.41) is 2.88. The Kier molecular flexibility index (Phi) is 8.39. The van der Waals surface area contributed by atoms with E-state index in [1.807, 2.05) is 42.5 Å². The van der Waals surface area contributed by atoms with Gasteiger partial charge < -0.3 is 19.6 Å². The zero-order valence-electron chi connectivity index (χ0n) is 22.6. The Hall–Kier alpha value is -4.18. The Morgan fingerprint density at radius 1 is 1.12 bits per heavy atom. The van der Waals surface area contributed by atoms with Crippen LogP contribution in [0.25, 0.3) is 11.0 Å². The van der Waals surface area contributed by atoms with Gasteiger partial charge in [-0.05, 0) is 55.2 Å². The highest BCUT2D eigenvalue weighted by Crippen LogP contribution is 2.27. The average molecular weight is 565 g/mol. The van der Waals surface area contributed by atoms with Crippen LogP contribution in [0.15, 0.2) is 77.8 Å². The number of rotatable bonds is 9. The number of H-pyrrole nitrogens is 1. The van der Waals surface area contributed by atoms with E-state index in [9.17, 15) is 18.4 Å². The minimum absolute atomic E-state index is 0.0122. The molecule has 1 aliphatic rings. The number of hydrogen-bond donors (Lipinski definition) is 2. The number of imidazole rings is 1. The quantitative estimate of drug-likeness (QED) is 0.278. The molecule has 41 heavy (non-hydrogen) atoms. The maximum atomic E-state index is 15.9. The lowest BCUT2D eigenvalue weighted by Crippen LogP contribution is -2.35. The number of aromatic nitrogens is 2. The molecule has 1 aromatic heterocycles. The lowest BCUT2D eigenvalue weighted by molar-refractivity contribution is -0.123. The van der Waals surface area contributed by atoms with Crippen LogP contribution in [-0.4, -0.2) is 40.2 Å². The molecule has 2 heterocycles. The second kappa shape index (κ2) is 12.1. The fraction of sp³-hybridized carbons (Fsp3) is 0.323. The van der Waals surface area contributed by atoms with Crippen molar-refractivity contribution in [3.8, 4) is 0 Å². The van der Waals surface area contributed by atoms with E-state index in [1.54, 1.807) is 10.6 Å². The Balaban J connectivity index is 1.49. The maximum Gasteiger partial charge on any atom is 0.280 e. The molecule has 2 atom stereocenters. The first-order valence-corrected chi connectivity index (χ1v) is 13.5. The molecule has 1 aliphatic heterocycles. The number of nitrogens with zero attached hydrogens (tertiary/aromatic N) is 2. The molecule has 0 spiro atoms. The minimum Gasteiger partial charge on any atom is -0.373 e. The van der Waals surface area contributed by atoms with Gasteiger partial charge in [-0.15, -0.1) is 0 Å². The zero-order chi connectivity index (χ0) is 29.0. The molecule has 10 heteroatoms. The van der Waals surface area contributed by atoms with Crippen molar-refractivity contribution >= 4 is 22.8 Å². The first-order valence-electron chi connectivity index (χ1n) is 13.5. The number of halogens is 3. The standard InChI is InChI=1S/C31H31F3N4O3/c1-31(34,19-41-17-20-7-3-2-4-8-20)18-38-26-13-12-21(24-11-6-14-35-29(24)40)16-25(26)36-30(38)37-28(39)23-10-5-9-22(15-23)27(32)33/h2-5,7-10,12-13,15-16,24,27H,6,11,14,17-19H2,1H3,(H,35,40)(H,36,37,39). The van der Waals surface area contributed by atoms with E-state index >= 15 is 4.39 Å². The molecule has 4 aromatic rings. The van der Waals surface area contributed by atoms with Crippen LogP contribution >= 0.6 is 0 Å². The molecule has 214 valence electrons. The molecule has 1 saturated heterocycles. The number of benzene rings is 3. The van der Waals surface area contributed by atoms with Crippen molar-refractivity contribution in [1.82, 2.24) is 14.9 Å². The summed E-state index contributed by atoms with van der Waals surface area (Å²) in [4.78, 5) is 32.8. The number of amides is 2. The van der Waals surface area contributed by atoms with Gasteiger partial charge in [-0.1, -0.05) is 48.5 Å². The molecule has 2 unspecified atom stereocenters. The lowest BCUT2D eigenvalue weighted by atomic mass is 9.90. The minimum atomic E-state index is -2.74. The van der Waals surface area contributed by atoms with E-state index in [4.69, 9.17) is 4.74 Å². The first kappa shape index (κ1) is 28.4. The summed E-state index contributed by atoms with van der Waals surface area (Å²) in [6, 6.07) is 19.9. The summed E-state index contributed by atoms with van der Waals surface area (Å²) < 4.78 is 49.5. The highest BCUT2D eigenvalue weighted by atomic mass is 19.3. The van der Waals surface area contributed by atoms with E-state index in [-0.39, 0.29) is 48.3 Å². The highest BCUT2D eigenvalue weighted by Gasteiger charge is 2.28. The Labute approximate surface area is 235 Å². The number of alkyl halides is 3. The Bertz CT molecular complexity index is 1610. The van der Waals surface area contributed by atoms with Crippen molar-refractivity contribution in [2.75, 3.05) is 13.2 Å². The van der Waals surface area contributed by atoms with Gasteiger partial charge in [0, 0.05) is 17.7 Å². The summed E-state index contributed by atoms with van der Waals surface area (Å²) in [6.07, 6.45) is -1.18. The third kappa shape index (κ3) is 6.77. The van der Waals surface area contributed by atoms with Gasteiger partial charge in [-0.2, -0.15) is 4.99 Å². The van der Waals surface area contributed by atoms with E-state index in [0.717, 1.165) is 23.6 Å². The molecule has 1 fully saturated rings. The van der Waals surface area contributed by atoms with E-state index in [1.165, 1.54) is 25.1 Å². The number of ether oxygens (including phenoxy) is 1. The van der Waals surface area contributed by atoms with Crippen LogP contribution in [0.1, 0.15) is 59.2 Å². The van der Waals surface area contributed by atoms with Crippen LogP contribution in [0.5, 0.6) is 0 Å². The van der Waals surface area contributed by atoms with Gasteiger partial charge in [-0.25, -0.2) is 13.2 Å². The molecule has 0 bridgehead atoms. The number of piperidine rings is 1. The van der Waals surface area contributed by atoms with Crippen LogP contribution in [0.4, 0.5) is 13.2 Å². The monoisotopic (exact) mass is 564 g/mol. The Morgan fingerprint density at radius 2 is 1.93 bits per heavy atom. The van der Waals surface area contributed by atoms with Crippen molar-refractivity contribution in [3.05, 3.63) is 101 Å². The number of fused-ring (bicyclic) bond motifs is 1. The molecule has 7 nitrogen and oxygen atoms in total. The van der Waals surface area contributed by atoms with Crippen LogP contribution in [0, 0.1) is 0 Å². The van der Waals surface area contributed by atoms with Crippen molar-refractivity contribution in [2.45, 2.75) is 50.9 Å².